The molecule has 0 aliphatic carbocycles. The number of aliphatic hydroxyl groups is 1. The van der Waals surface area contributed by atoms with Gasteiger partial charge in [-0.15, -0.1) is 11.3 Å². The van der Waals surface area contributed by atoms with Crippen LogP contribution in [-0.2, 0) is 16.0 Å². The van der Waals surface area contributed by atoms with Crippen molar-refractivity contribution in [2.45, 2.75) is 31.9 Å². The Labute approximate surface area is 187 Å². The molecule has 0 spiro atoms. The van der Waals surface area contributed by atoms with Gasteiger partial charge in [-0.1, -0.05) is 13.0 Å². The molecule has 3 rings (SSSR count). The number of methoxy groups -OCH3 is 1. The van der Waals surface area contributed by atoms with Gasteiger partial charge in [0.25, 0.3) is 0 Å². The fraction of sp³-hybridized carbons (Fsp3) is 0.522. The predicted molar refractivity (Wildman–Crippen MR) is 119 cm³/mol. The number of carbonyl (C=O) groups excluding carboxylic acids is 1. The zero-order valence-electron chi connectivity index (χ0n) is 18.1. The van der Waals surface area contributed by atoms with Crippen molar-refractivity contribution in [2.24, 2.45) is 0 Å². The van der Waals surface area contributed by atoms with Gasteiger partial charge in [0.1, 0.15) is 18.2 Å². The van der Waals surface area contributed by atoms with E-state index in [1.165, 1.54) is 17.0 Å². The maximum atomic E-state index is 13.5. The van der Waals surface area contributed by atoms with E-state index in [1.807, 2.05) is 28.2 Å². The number of halogens is 1. The molecule has 2 atom stereocenters. The lowest BCUT2D eigenvalue weighted by Gasteiger charge is -2.37. The van der Waals surface area contributed by atoms with Gasteiger partial charge in [-0.3, -0.25) is 9.69 Å². The number of thiophene rings is 1. The Bertz CT molecular complexity index is 846. The Morgan fingerprint density at radius 1 is 1.42 bits per heavy atom. The third-order valence-electron chi connectivity index (χ3n) is 5.35. The lowest BCUT2D eigenvalue weighted by Crippen LogP contribution is -2.48. The smallest absolute Gasteiger partial charge is 0.237 e. The molecule has 1 aromatic heterocycles. The Kier molecular flexibility index (Phi) is 8.83. The van der Waals surface area contributed by atoms with Gasteiger partial charge in [-0.2, -0.15) is 0 Å². The molecule has 0 radical (unpaired) electrons. The average Bonchev–Trinajstić information content (AvgIpc) is 3.21. The summed E-state index contributed by atoms with van der Waals surface area (Å²) >= 11 is 1.69. The van der Waals surface area contributed by atoms with Crippen LogP contribution >= 0.6 is 11.3 Å². The highest BCUT2D eigenvalue weighted by atomic mass is 32.1. The summed E-state index contributed by atoms with van der Waals surface area (Å²) in [6.45, 7) is 4.49. The van der Waals surface area contributed by atoms with Crippen LogP contribution in [0.5, 0.6) is 5.75 Å². The average molecular weight is 451 g/mol. The SMILES string of the molecule is CCCN(CC(=O)N1CCc2sccc2C1COc1cccc(F)c1)CC(O)COC. The fourth-order valence-corrected chi connectivity index (χ4v) is 4.91. The second-order valence-corrected chi connectivity index (χ2v) is 8.77. The summed E-state index contributed by atoms with van der Waals surface area (Å²) in [5.41, 5.74) is 1.10. The first-order chi connectivity index (χ1) is 15.0. The Balaban J connectivity index is 1.71. The zero-order valence-corrected chi connectivity index (χ0v) is 18.9. The standard InChI is InChI=1S/C23H31FN2O4S/c1-3-9-25(13-18(27)15-29-2)14-23(28)26-10-7-22-20(8-11-31-22)21(26)16-30-19-6-4-5-17(24)12-19/h4-6,8,11-12,18,21,27H,3,7,9-10,13-16H2,1-2H3. The molecular weight excluding hydrogens is 419 g/mol. The summed E-state index contributed by atoms with van der Waals surface area (Å²) in [6, 6.07) is 7.87. The van der Waals surface area contributed by atoms with E-state index in [0.29, 0.717) is 25.4 Å². The molecule has 2 aromatic rings. The van der Waals surface area contributed by atoms with Gasteiger partial charge in [0.15, 0.2) is 0 Å². The van der Waals surface area contributed by atoms with Crippen LogP contribution in [0.2, 0.25) is 0 Å². The monoisotopic (exact) mass is 450 g/mol. The summed E-state index contributed by atoms with van der Waals surface area (Å²) < 4.78 is 24.4. The highest BCUT2D eigenvalue weighted by molar-refractivity contribution is 7.10. The Hall–Kier alpha value is -2.00. The second kappa shape index (κ2) is 11.6. The van der Waals surface area contributed by atoms with E-state index in [4.69, 9.17) is 9.47 Å². The van der Waals surface area contributed by atoms with Crippen LogP contribution in [0.1, 0.15) is 29.8 Å². The van der Waals surface area contributed by atoms with Crippen LogP contribution in [0.15, 0.2) is 35.7 Å². The summed E-state index contributed by atoms with van der Waals surface area (Å²) in [7, 11) is 1.55. The van der Waals surface area contributed by atoms with E-state index in [-0.39, 0.29) is 37.5 Å². The van der Waals surface area contributed by atoms with Crippen LogP contribution in [-0.4, -0.2) is 73.4 Å². The summed E-state index contributed by atoms with van der Waals surface area (Å²) in [5, 5.41) is 12.2. The molecular formula is C23H31FN2O4S. The first-order valence-corrected chi connectivity index (χ1v) is 11.5. The number of nitrogens with zero attached hydrogens (tertiary/aromatic N) is 2. The molecule has 0 saturated carbocycles. The molecule has 2 unspecified atom stereocenters. The normalized spacial score (nSPS) is 16.9. The summed E-state index contributed by atoms with van der Waals surface area (Å²) in [6.07, 6.45) is 1.06. The van der Waals surface area contributed by atoms with Crippen molar-refractivity contribution in [1.29, 1.82) is 0 Å². The van der Waals surface area contributed by atoms with Crippen molar-refractivity contribution in [2.75, 3.05) is 46.5 Å². The number of benzene rings is 1. The molecule has 0 bridgehead atoms. The molecule has 0 fully saturated rings. The zero-order chi connectivity index (χ0) is 22.2. The number of hydrogen-bond acceptors (Lipinski definition) is 6. The predicted octanol–water partition coefficient (Wildman–Crippen LogP) is 3.11. The van der Waals surface area contributed by atoms with Crippen LogP contribution in [0.4, 0.5) is 4.39 Å². The number of carbonyl (C=O) groups is 1. The van der Waals surface area contributed by atoms with Crippen molar-refractivity contribution < 1.29 is 23.8 Å². The van der Waals surface area contributed by atoms with Gasteiger partial charge in [-0.05, 0) is 48.5 Å². The lowest BCUT2D eigenvalue weighted by molar-refractivity contribution is -0.136. The van der Waals surface area contributed by atoms with Gasteiger partial charge in [0.2, 0.25) is 5.91 Å². The highest BCUT2D eigenvalue weighted by Gasteiger charge is 2.33. The third-order valence-corrected chi connectivity index (χ3v) is 6.34. The molecule has 1 amide bonds. The van der Waals surface area contributed by atoms with E-state index in [9.17, 15) is 14.3 Å². The maximum absolute atomic E-state index is 13.5. The number of aliphatic hydroxyl groups excluding tert-OH is 1. The number of rotatable bonds is 11. The first-order valence-electron chi connectivity index (χ1n) is 10.6. The van der Waals surface area contributed by atoms with Crippen molar-refractivity contribution in [3.05, 3.63) is 52.0 Å². The molecule has 1 N–H and O–H groups in total. The fourth-order valence-electron chi connectivity index (χ4n) is 3.98. The number of fused-ring (bicyclic) bond motifs is 1. The molecule has 6 nitrogen and oxygen atoms in total. The van der Waals surface area contributed by atoms with Crippen molar-refractivity contribution >= 4 is 17.2 Å². The largest absolute Gasteiger partial charge is 0.491 e. The number of hydrogen-bond donors (Lipinski definition) is 1. The van der Waals surface area contributed by atoms with E-state index >= 15 is 0 Å². The molecule has 0 saturated heterocycles. The molecule has 8 heteroatoms. The van der Waals surface area contributed by atoms with Gasteiger partial charge in [-0.25, -0.2) is 4.39 Å². The van der Waals surface area contributed by atoms with Crippen LogP contribution in [0.25, 0.3) is 0 Å². The minimum absolute atomic E-state index is 0.00255. The van der Waals surface area contributed by atoms with Crippen LogP contribution in [0, 0.1) is 5.82 Å². The van der Waals surface area contributed by atoms with Crippen LogP contribution < -0.4 is 4.74 Å². The Morgan fingerprint density at radius 2 is 2.26 bits per heavy atom. The Morgan fingerprint density at radius 3 is 3.00 bits per heavy atom. The first kappa shape index (κ1) is 23.7. The van der Waals surface area contributed by atoms with Gasteiger partial charge in [0, 0.05) is 31.1 Å². The van der Waals surface area contributed by atoms with Gasteiger partial charge < -0.3 is 19.5 Å². The molecule has 1 aromatic carbocycles. The quantitative estimate of drug-likeness (QED) is 0.570. The minimum atomic E-state index is -0.638. The van der Waals surface area contributed by atoms with E-state index in [2.05, 4.69) is 0 Å². The van der Waals surface area contributed by atoms with Crippen molar-refractivity contribution in [3.8, 4) is 5.75 Å². The van der Waals surface area contributed by atoms with Crippen molar-refractivity contribution in [1.82, 2.24) is 9.80 Å². The topological polar surface area (TPSA) is 62.2 Å². The molecule has 1 aliphatic rings. The number of amides is 1. The molecule has 1 aliphatic heterocycles. The van der Waals surface area contributed by atoms with Gasteiger partial charge >= 0.3 is 0 Å². The molecule has 31 heavy (non-hydrogen) atoms. The summed E-state index contributed by atoms with van der Waals surface area (Å²) in [4.78, 5) is 18.4. The van der Waals surface area contributed by atoms with Gasteiger partial charge in [0.05, 0.1) is 25.3 Å². The van der Waals surface area contributed by atoms with E-state index < -0.39 is 6.10 Å². The lowest BCUT2D eigenvalue weighted by atomic mass is 10.0. The summed E-state index contributed by atoms with van der Waals surface area (Å²) in [5.74, 6) is 0.0999. The minimum Gasteiger partial charge on any atom is -0.491 e. The number of ether oxygens (including phenoxy) is 2. The van der Waals surface area contributed by atoms with E-state index in [1.54, 1.807) is 30.6 Å². The maximum Gasteiger partial charge on any atom is 0.237 e. The van der Waals surface area contributed by atoms with Crippen LogP contribution in [0.3, 0.4) is 0 Å². The molecule has 2 heterocycles. The molecule has 170 valence electrons. The second-order valence-electron chi connectivity index (χ2n) is 7.76. The van der Waals surface area contributed by atoms with E-state index in [0.717, 1.165) is 18.4 Å². The highest BCUT2D eigenvalue weighted by Crippen LogP contribution is 2.34. The van der Waals surface area contributed by atoms with Crippen molar-refractivity contribution in [3.63, 3.8) is 0 Å². The third kappa shape index (κ3) is 6.49.